The summed E-state index contributed by atoms with van der Waals surface area (Å²) < 4.78 is 10.4. The standard InChI is InChI=1S/C30H41N3O3S/c1-30(2)9-8-25(27(19-30)28-18-23(22-37-28)20-32-14-16-36-17-15-32)21-31-10-12-33(13-11-31)26-6-4-24(5-7-26)29(34)35-3/h4-7,18,22H,8-17,19-21H2,1-3H3. The Morgan fingerprint density at radius 3 is 2.41 bits per heavy atom. The molecule has 3 heterocycles. The molecule has 0 amide bonds. The molecule has 0 radical (unpaired) electrons. The van der Waals surface area contributed by atoms with Crippen molar-refractivity contribution in [2.45, 2.75) is 39.7 Å². The molecule has 3 aliphatic rings. The number of methoxy groups -OCH3 is 1. The maximum absolute atomic E-state index is 11.7. The lowest BCUT2D eigenvalue weighted by molar-refractivity contribution is 0.0342. The van der Waals surface area contributed by atoms with Gasteiger partial charge in [-0.15, -0.1) is 11.3 Å². The van der Waals surface area contributed by atoms with Crippen LogP contribution in [0.2, 0.25) is 0 Å². The van der Waals surface area contributed by atoms with Gasteiger partial charge in [-0.05, 0) is 71.5 Å². The van der Waals surface area contributed by atoms with E-state index in [-0.39, 0.29) is 5.97 Å². The molecule has 200 valence electrons. The summed E-state index contributed by atoms with van der Waals surface area (Å²) in [4.78, 5) is 20.8. The smallest absolute Gasteiger partial charge is 0.337 e. The lowest BCUT2D eigenvalue weighted by Gasteiger charge is -2.39. The van der Waals surface area contributed by atoms with Crippen molar-refractivity contribution in [3.05, 3.63) is 57.3 Å². The fourth-order valence-electron chi connectivity index (χ4n) is 5.76. The number of carbonyl (C=O) groups is 1. The summed E-state index contributed by atoms with van der Waals surface area (Å²) in [6.45, 7) is 14.9. The van der Waals surface area contributed by atoms with E-state index in [0.29, 0.717) is 11.0 Å². The number of carbonyl (C=O) groups excluding carboxylic acids is 1. The fourth-order valence-corrected chi connectivity index (χ4v) is 6.76. The second-order valence-corrected chi connectivity index (χ2v) is 12.3. The van der Waals surface area contributed by atoms with Gasteiger partial charge in [-0.25, -0.2) is 4.79 Å². The summed E-state index contributed by atoms with van der Waals surface area (Å²) in [6, 6.07) is 10.3. The van der Waals surface area contributed by atoms with Crippen molar-refractivity contribution in [1.29, 1.82) is 0 Å². The predicted molar refractivity (Wildman–Crippen MR) is 151 cm³/mol. The summed E-state index contributed by atoms with van der Waals surface area (Å²) in [7, 11) is 1.42. The van der Waals surface area contributed by atoms with Crippen LogP contribution in [0.15, 0.2) is 41.3 Å². The topological polar surface area (TPSA) is 45.2 Å². The molecular formula is C30H41N3O3S. The zero-order chi connectivity index (χ0) is 25.8. The molecule has 6 nitrogen and oxygen atoms in total. The molecule has 5 rings (SSSR count). The fraction of sp³-hybridized carbons (Fsp3) is 0.567. The highest BCUT2D eigenvalue weighted by Crippen LogP contribution is 2.44. The highest BCUT2D eigenvalue weighted by atomic mass is 32.1. The molecule has 0 bridgehead atoms. The first-order valence-corrected chi connectivity index (χ1v) is 14.5. The van der Waals surface area contributed by atoms with Crippen molar-refractivity contribution >= 4 is 28.6 Å². The van der Waals surface area contributed by atoms with E-state index in [1.807, 2.05) is 35.6 Å². The van der Waals surface area contributed by atoms with Gasteiger partial charge >= 0.3 is 5.97 Å². The number of allylic oxidation sites excluding steroid dienone is 1. The SMILES string of the molecule is COC(=O)c1ccc(N2CCN(CC3=C(c4cc(CN5CCOCC5)cs4)CC(C)(C)CC3)CC2)cc1. The van der Waals surface area contributed by atoms with Gasteiger partial charge in [0.1, 0.15) is 0 Å². The second-order valence-electron chi connectivity index (χ2n) is 11.4. The number of thiophene rings is 1. The number of hydrogen-bond acceptors (Lipinski definition) is 7. The minimum atomic E-state index is -0.282. The van der Waals surface area contributed by atoms with Gasteiger partial charge in [-0.3, -0.25) is 9.80 Å². The van der Waals surface area contributed by atoms with Crippen LogP contribution in [0.25, 0.3) is 5.57 Å². The van der Waals surface area contributed by atoms with Crippen LogP contribution in [-0.2, 0) is 16.0 Å². The molecule has 0 spiro atoms. The minimum absolute atomic E-state index is 0.282. The van der Waals surface area contributed by atoms with Gasteiger partial charge in [-0.2, -0.15) is 0 Å². The Balaban J connectivity index is 1.23. The summed E-state index contributed by atoms with van der Waals surface area (Å²) in [5.41, 5.74) is 6.85. The molecular weight excluding hydrogens is 482 g/mol. The normalized spacial score (nSPS) is 21.3. The summed E-state index contributed by atoms with van der Waals surface area (Å²) in [5.74, 6) is -0.282. The van der Waals surface area contributed by atoms with Crippen LogP contribution in [-0.4, -0.2) is 81.9 Å². The number of hydrogen-bond donors (Lipinski definition) is 0. The van der Waals surface area contributed by atoms with E-state index in [1.165, 1.54) is 42.5 Å². The first kappa shape index (κ1) is 26.4. The van der Waals surface area contributed by atoms with Gasteiger partial charge in [0, 0.05) is 62.9 Å². The molecule has 0 unspecified atom stereocenters. The van der Waals surface area contributed by atoms with Crippen LogP contribution in [0.1, 0.15) is 53.9 Å². The lowest BCUT2D eigenvalue weighted by atomic mass is 9.73. The highest BCUT2D eigenvalue weighted by Gasteiger charge is 2.30. The van der Waals surface area contributed by atoms with Gasteiger partial charge in [0.25, 0.3) is 0 Å². The molecule has 2 aliphatic heterocycles. The van der Waals surface area contributed by atoms with Crippen molar-refractivity contribution in [3.8, 4) is 0 Å². The Morgan fingerprint density at radius 1 is 1.00 bits per heavy atom. The zero-order valence-corrected chi connectivity index (χ0v) is 23.4. The van der Waals surface area contributed by atoms with E-state index in [2.05, 4.69) is 40.0 Å². The molecule has 2 aromatic rings. The monoisotopic (exact) mass is 523 g/mol. The average Bonchev–Trinajstić information content (AvgIpc) is 3.38. The zero-order valence-electron chi connectivity index (χ0n) is 22.6. The molecule has 37 heavy (non-hydrogen) atoms. The van der Waals surface area contributed by atoms with Crippen molar-refractivity contribution in [2.75, 3.05) is 71.0 Å². The van der Waals surface area contributed by atoms with E-state index in [4.69, 9.17) is 9.47 Å². The van der Waals surface area contributed by atoms with Crippen LogP contribution < -0.4 is 4.90 Å². The second kappa shape index (κ2) is 11.7. The largest absolute Gasteiger partial charge is 0.465 e. The van der Waals surface area contributed by atoms with Crippen molar-refractivity contribution < 1.29 is 14.3 Å². The summed E-state index contributed by atoms with van der Waals surface area (Å²) in [6.07, 6.45) is 3.64. The molecule has 7 heteroatoms. The molecule has 2 fully saturated rings. The van der Waals surface area contributed by atoms with Gasteiger partial charge < -0.3 is 14.4 Å². The van der Waals surface area contributed by atoms with Crippen molar-refractivity contribution in [3.63, 3.8) is 0 Å². The predicted octanol–water partition coefficient (Wildman–Crippen LogP) is 5.15. The number of benzene rings is 1. The van der Waals surface area contributed by atoms with Crippen molar-refractivity contribution in [2.24, 2.45) is 5.41 Å². The van der Waals surface area contributed by atoms with Crippen molar-refractivity contribution in [1.82, 2.24) is 9.80 Å². The number of anilines is 1. The van der Waals surface area contributed by atoms with Crippen LogP contribution in [0.5, 0.6) is 0 Å². The molecule has 0 saturated carbocycles. The molecule has 1 aliphatic carbocycles. The van der Waals surface area contributed by atoms with E-state index in [1.54, 1.807) is 11.1 Å². The van der Waals surface area contributed by atoms with Crippen LogP contribution in [0.4, 0.5) is 5.69 Å². The number of esters is 1. The van der Waals surface area contributed by atoms with Gasteiger partial charge in [0.2, 0.25) is 0 Å². The summed E-state index contributed by atoms with van der Waals surface area (Å²) in [5, 5.41) is 2.38. The Bertz CT molecular complexity index is 1090. The highest BCUT2D eigenvalue weighted by molar-refractivity contribution is 7.11. The minimum Gasteiger partial charge on any atom is -0.465 e. The van der Waals surface area contributed by atoms with Crippen LogP contribution >= 0.6 is 11.3 Å². The third-order valence-electron chi connectivity index (χ3n) is 8.09. The first-order valence-electron chi connectivity index (χ1n) is 13.6. The molecule has 1 aromatic heterocycles. The quantitative estimate of drug-likeness (QED) is 0.468. The third-order valence-corrected chi connectivity index (χ3v) is 9.13. The summed E-state index contributed by atoms with van der Waals surface area (Å²) >= 11 is 1.94. The van der Waals surface area contributed by atoms with Gasteiger partial charge in [0.05, 0.1) is 25.9 Å². The molecule has 0 N–H and O–H groups in total. The van der Waals surface area contributed by atoms with Gasteiger partial charge in [-0.1, -0.05) is 19.4 Å². The third kappa shape index (κ3) is 6.63. The number of piperazine rings is 1. The Hall–Kier alpha value is -2.19. The Kier molecular flexibility index (Phi) is 8.34. The lowest BCUT2D eigenvalue weighted by Crippen LogP contribution is -2.47. The van der Waals surface area contributed by atoms with E-state index < -0.39 is 0 Å². The number of morpholine rings is 1. The molecule has 2 saturated heterocycles. The number of rotatable bonds is 7. The van der Waals surface area contributed by atoms with E-state index in [9.17, 15) is 4.79 Å². The van der Waals surface area contributed by atoms with Crippen LogP contribution in [0, 0.1) is 5.41 Å². The maximum Gasteiger partial charge on any atom is 0.337 e. The maximum atomic E-state index is 11.7. The van der Waals surface area contributed by atoms with E-state index >= 15 is 0 Å². The number of ether oxygens (including phenoxy) is 2. The van der Waals surface area contributed by atoms with Gasteiger partial charge in [0.15, 0.2) is 0 Å². The first-order chi connectivity index (χ1) is 17.9. The van der Waals surface area contributed by atoms with E-state index in [0.717, 1.165) is 65.6 Å². The Labute approximate surface area is 225 Å². The van der Waals surface area contributed by atoms with Crippen LogP contribution in [0.3, 0.4) is 0 Å². The average molecular weight is 524 g/mol. The Morgan fingerprint density at radius 2 is 1.70 bits per heavy atom. The molecule has 0 atom stereocenters. The number of nitrogens with zero attached hydrogens (tertiary/aromatic N) is 3. The molecule has 1 aromatic carbocycles.